The van der Waals surface area contributed by atoms with Crippen molar-refractivity contribution in [3.63, 3.8) is 0 Å². The lowest BCUT2D eigenvalue weighted by Gasteiger charge is -2.09. The van der Waals surface area contributed by atoms with Crippen LogP contribution in [0.4, 0.5) is 0 Å². The molecular formula is C25H28N6O4. The van der Waals surface area contributed by atoms with E-state index in [9.17, 15) is 19.2 Å². The van der Waals surface area contributed by atoms with Gasteiger partial charge in [-0.25, -0.2) is 13.9 Å². The molecule has 2 heterocycles. The van der Waals surface area contributed by atoms with E-state index in [0.717, 1.165) is 15.8 Å². The van der Waals surface area contributed by atoms with E-state index in [1.165, 1.54) is 28.1 Å². The maximum Gasteiger partial charge on any atom is 0.352 e. The Bertz CT molecular complexity index is 1540. The summed E-state index contributed by atoms with van der Waals surface area (Å²) in [6.45, 7) is 6.46. The lowest BCUT2D eigenvalue weighted by Crippen LogP contribution is -2.32. The smallest absolute Gasteiger partial charge is 0.352 e. The van der Waals surface area contributed by atoms with Gasteiger partial charge in [-0.1, -0.05) is 43.7 Å². The van der Waals surface area contributed by atoms with E-state index in [0.29, 0.717) is 18.7 Å². The first-order chi connectivity index (χ1) is 16.7. The predicted octanol–water partition coefficient (Wildman–Crippen LogP) is 1.36. The zero-order valence-corrected chi connectivity index (χ0v) is 20.2. The van der Waals surface area contributed by atoms with Crippen molar-refractivity contribution in [2.75, 3.05) is 6.54 Å². The van der Waals surface area contributed by atoms with E-state index in [-0.39, 0.29) is 46.5 Å². The Hall–Kier alpha value is -4.21. The van der Waals surface area contributed by atoms with Crippen LogP contribution in [0.1, 0.15) is 35.3 Å². The largest absolute Gasteiger partial charge is 0.352 e. The van der Waals surface area contributed by atoms with Crippen LogP contribution in [0.3, 0.4) is 0 Å². The molecule has 2 amide bonds. The number of nitrogens with zero attached hydrogens (tertiary/aromatic N) is 4. The van der Waals surface area contributed by atoms with E-state index >= 15 is 0 Å². The number of nitrogens with one attached hydrogen (secondary N) is 2. The molecule has 4 aromatic rings. The minimum Gasteiger partial charge on any atom is -0.352 e. The Kier molecular flexibility index (Phi) is 6.54. The Morgan fingerprint density at radius 3 is 2.43 bits per heavy atom. The van der Waals surface area contributed by atoms with Gasteiger partial charge in [0.25, 0.3) is 11.5 Å². The summed E-state index contributed by atoms with van der Waals surface area (Å²) in [5.74, 6) is -0.334. The molecular weight excluding hydrogens is 448 g/mol. The van der Waals surface area contributed by atoms with Crippen molar-refractivity contribution in [2.45, 2.75) is 33.9 Å². The van der Waals surface area contributed by atoms with Crippen molar-refractivity contribution in [1.82, 2.24) is 29.4 Å². The summed E-state index contributed by atoms with van der Waals surface area (Å²) in [7, 11) is 1.51. The molecule has 2 N–H and O–H groups in total. The average molecular weight is 477 g/mol. The standard InChI is InChI=1S/C25H28N6O4/c1-15(2)12-27-22(33)18-9-10-19-20(11-18)31-24(29(4)23(19)34)28-30(25(31)35)14-21(32)26-13-17-7-5-16(3)6-8-17/h5-11,15H,12-14H2,1-4H3,(H,26,32)(H,27,33). The van der Waals surface area contributed by atoms with Crippen molar-refractivity contribution in [1.29, 1.82) is 0 Å². The number of carbonyl (C=O) groups excluding carboxylic acids is 2. The maximum absolute atomic E-state index is 13.2. The second-order valence-electron chi connectivity index (χ2n) is 9.04. The Morgan fingerprint density at radius 2 is 1.74 bits per heavy atom. The molecule has 0 saturated heterocycles. The normalized spacial score (nSPS) is 11.3. The molecule has 0 spiro atoms. The molecule has 35 heavy (non-hydrogen) atoms. The van der Waals surface area contributed by atoms with Gasteiger partial charge < -0.3 is 10.6 Å². The van der Waals surface area contributed by atoms with E-state index in [4.69, 9.17) is 0 Å². The number of hydrogen-bond acceptors (Lipinski definition) is 5. The summed E-state index contributed by atoms with van der Waals surface area (Å²) >= 11 is 0. The summed E-state index contributed by atoms with van der Waals surface area (Å²) in [6.07, 6.45) is 0. The Labute approximate surface area is 201 Å². The average Bonchev–Trinajstić information content (AvgIpc) is 3.16. The summed E-state index contributed by atoms with van der Waals surface area (Å²) in [4.78, 5) is 51.2. The highest BCUT2D eigenvalue weighted by molar-refractivity contribution is 5.98. The van der Waals surface area contributed by atoms with Gasteiger partial charge in [0.1, 0.15) is 6.54 Å². The second-order valence-corrected chi connectivity index (χ2v) is 9.04. The van der Waals surface area contributed by atoms with Crippen LogP contribution in [-0.2, 0) is 24.9 Å². The molecule has 0 unspecified atom stereocenters. The number of aryl methyl sites for hydroxylation is 2. The first-order valence-electron chi connectivity index (χ1n) is 11.4. The number of amides is 2. The van der Waals surface area contributed by atoms with Crippen LogP contribution in [0.5, 0.6) is 0 Å². The number of rotatable bonds is 7. The first-order valence-corrected chi connectivity index (χ1v) is 11.4. The number of hydrogen-bond donors (Lipinski definition) is 2. The van der Waals surface area contributed by atoms with Gasteiger partial charge in [0.05, 0.1) is 10.9 Å². The molecule has 2 aromatic carbocycles. The van der Waals surface area contributed by atoms with Crippen molar-refractivity contribution < 1.29 is 9.59 Å². The van der Waals surface area contributed by atoms with Gasteiger partial charge in [-0.2, -0.15) is 0 Å². The molecule has 0 saturated carbocycles. The number of carbonyl (C=O) groups is 2. The molecule has 10 heteroatoms. The fourth-order valence-corrected chi connectivity index (χ4v) is 3.73. The molecule has 4 rings (SSSR count). The van der Waals surface area contributed by atoms with Gasteiger partial charge in [0, 0.05) is 25.7 Å². The van der Waals surface area contributed by atoms with Crippen LogP contribution < -0.4 is 21.9 Å². The fraction of sp³-hybridized carbons (Fsp3) is 0.320. The highest BCUT2D eigenvalue weighted by Crippen LogP contribution is 2.14. The topological polar surface area (TPSA) is 120 Å². The fourth-order valence-electron chi connectivity index (χ4n) is 3.73. The molecule has 0 aliphatic carbocycles. The predicted molar refractivity (Wildman–Crippen MR) is 132 cm³/mol. The zero-order chi connectivity index (χ0) is 25.3. The Balaban J connectivity index is 1.67. The SMILES string of the molecule is Cc1ccc(CNC(=O)Cn2nc3n(C)c(=O)c4ccc(C(=O)NCC(C)C)cc4n3c2=O)cc1. The third-order valence-electron chi connectivity index (χ3n) is 5.73. The van der Waals surface area contributed by atoms with Crippen molar-refractivity contribution in [3.8, 4) is 0 Å². The van der Waals surface area contributed by atoms with Crippen LogP contribution in [-0.4, -0.2) is 37.1 Å². The zero-order valence-electron chi connectivity index (χ0n) is 20.2. The second kappa shape index (κ2) is 9.57. The highest BCUT2D eigenvalue weighted by Gasteiger charge is 2.18. The molecule has 0 fully saturated rings. The highest BCUT2D eigenvalue weighted by atomic mass is 16.2. The molecule has 0 aliphatic heterocycles. The van der Waals surface area contributed by atoms with Crippen LogP contribution >= 0.6 is 0 Å². The summed E-state index contributed by atoms with van der Waals surface area (Å²) in [5, 5.41) is 10.1. The van der Waals surface area contributed by atoms with Gasteiger partial charge in [-0.3, -0.25) is 19.0 Å². The van der Waals surface area contributed by atoms with Gasteiger partial charge in [-0.05, 0) is 36.6 Å². The Morgan fingerprint density at radius 1 is 1.03 bits per heavy atom. The summed E-state index contributed by atoms with van der Waals surface area (Å²) < 4.78 is 3.52. The van der Waals surface area contributed by atoms with Crippen molar-refractivity contribution in [2.24, 2.45) is 13.0 Å². The lowest BCUT2D eigenvalue weighted by molar-refractivity contribution is -0.122. The summed E-state index contributed by atoms with van der Waals surface area (Å²) in [5.41, 5.74) is 1.70. The van der Waals surface area contributed by atoms with Crippen LogP contribution in [0.15, 0.2) is 52.1 Å². The van der Waals surface area contributed by atoms with Crippen molar-refractivity contribution >= 4 is 28.5 Å². The molecule has 0 atom stereocenters. The van der Waals surface area contributed by atoms with Crippen LogP contribution in [0, 0.1) is 12.8 Å². The van der Waals surface area contributed by atoms with Gasteiger partial charge in [0.15, 0.2) is 0 Å². The van der Waals surface area contributed by atoms with Crippen molar-refractivity contribution in [3.05, 3.63) is 80.0 Å². The molecule has 10 nitrogen and oxygen atoms in total. The quantitative estimate of drug-likeness (QED) is 0.417. The first kappa shape index (κ1) is 23.9. The van der Waals surface area contributed by atoms with E-state index < -0.39 is 5.69 Å². The van der Waals surface area contributed by atoms with E-state index in [1.54, 1.807) is 6.07 Å². The molecule has 0 radical (unpaired) electrons. The van der Waals surface area contributed by atoms with Gasteiger partial charge in [0.2, 0.25) is 11.7 Å². The lowest BCUT2D eigenvalue weighted by atomic mass is 10.1. The summed E-state index contributed by atoms with van der Waals surface area (Å²) in [6, 6.07) is 12.3. The number of aromatic nitrogens is 4. The molecule has 0 aliphatic rings. The monoisotopic (exact) mass is 476 g/mol. The third-order valence-corrected chi connectivity index (χ3v) is 5.73. The van der Waals surface area contributed by atoms with Crippen LogP contribution in [0.25, 0.3) is 16.7 Å². The van der Waals surface area contributed by atoms with Gasteiger partial charge in [-0.15, -0.1) is 5.10 Å². The maximum atomic E-state index is 13.2. The van der Waals surface area contributed by atoms with Gasteiger partial charge >= 0.3 is 5.69 Å². The van der Waals surface area contributed by atoms with Crippen LogP contribution in [0.2, 0.25) is 0 Å². The van der Waals surface area contributed by atoms with E-state index in [1.807, 2.05) is 45.0 Å². The molecule has 2 aromatic heterocycles. The number of benzene rings is 2. The number of fused-ring (bicyclic) bond motifs is 3. The third kappa shape index (κ3) is 4.86. The molecule has 182 valence electrons. The minimum atomic E-state index is -0.578. The molecule has 0 bridgehead atoms. The minimum absolute atomic E-state index is 0.0820. The van der Waals surface area contributed by atoms with E-state index in [2.05, 4.69) is 15.7 Å².